The fourth-order valence-corrected chi connectivity index (χ4v) is 1.77. The van der Waals surface area contributed by atoms with Gasteiger partial charge in [0, 0.05) is 0 Å². The molecule has 0 aliphatic rings. The van der Waals surface area contributed by atoms with Crippen LogP contribution in [0.25, 0.3) is 16.7 Å². The Labute approximate surface area is 98.1 Å². The number of aromatic nitrogens is 3. The average Bonchev–Trinajstić information content (AvgIpc) is 2.72. The molecule has 1 aromatic heterocycles. The van der Waals surface area contributed by atoms with Gasteiger partial charge in [0.15, 0.2) is 0 Å². The normalized spacial score (nSPS) is 10.9. The van der Waals surface area contributed by atoms with Crippen molar-refractivity contribution in [2.45, 2.75) is 6.92 Å². The Balaban J connectivity index is 2.22. The summed E-state index contributed by atoms with van der Waals surface area (Å²) in [6.07, 6.45) is 0. The van der Waals surface area contributed by atoms with Crippen LogP contribution in [0.2, 0.25) is 0 Å². The molecule has 4 nitrogen and oxygen atoms in total. The van der Waals surface area contributed by atoms with E-state index in [1.54, 1.807) is 18.2 Å². The minimum Gasteiger partial charge on any atom is -0.506 e. The molecule has 0 unspecified atom stereocenters. The summed E-state index contributed by atoms with van der Waals surface area (Å²) in [5, 5.41) is 18.4. The highest BCUT2D eigenvalue weighted by Gasteiger charge is 2.07. The summed E-state index contributed by atoms with van der Waals surface area (Å²) in [7, 11) is 0. The minimum atomic E-state index is 0.171. The Morgan fingerprint density at radius 2 is 1.76 bits per heavy atom. The minimum absolute atomic E-state index is 0.171. The van der Waals surface area contributed by atoms with Crippen LogP contribution in [0, 0.1) is 6.92 Å². The average molecular weight is 225 g/mol. The quantitative estimate of drug-likeness (QED) is 0.692. The fourth-order valence-electron chi connectivity index (χ4n) is 1.77. The molecule has 3 rings (SSSR count). The first-order chi connectivity index (χ1) is 8.24. The molecule has 17 heavy (non-hydrogen) atoms. The van der Waals surface area contributed by atoms with E-state index in [9.17, 15) is 5.11 Å². The van der Waals surface area contributed by atoms with Crippen molar-refractivity contribution in [1.29, 1.82) is 0 Å². The van der Waals surface area contributed by atoms with Gasteiger partial charge in [-0.2, -0.15) is 0 Å². The van der Waals surface area contributed by atoms with Crippen LogP contribution >= 0.6 is 0 Å². The number of fused-ring (bicyclic) bond motifs is 1. The molecule has 0 saturated carbocycles. The summed E-state index contributed by atoms with van der Waals surface area (Å²) in [4.78, 5) is 1.46. The summed E-state index contributed by atoms with van der Waals surface area (Å²) in [5.74, 6) is 0.171. The lowest BCUT2D eigenvalue weighted by Crippen LogP contribution is -1.98. The molecule has 1 N–H and O–H groups in total. The number of phenolic OH excluding ortho intramolecular Hbond substituents is 1. The second kappa shape index (κ2) is 3.59. The van der Waals surface area contributed by atoms with Crippen LogP contribution in [0.3, 0.4) is 0 Å². The van der Waals surface area contributed by atoms with Gasteiger partial charge in [0.2, 0.25) is 0 Å². The van der Waals surface area contributed by atoms with E-state index in [1.165, 1.54) is 4.80 Å². The van der Waals surface area contributed by atoms with Gasteiger partial charge >= 0.3 is 0 Å². The van der Waals surface area contributed by atoms with Crippen molar-refractivity contribution in [2.24, 2.45) is 0 Å². The first-order valence-electron chi connectivity index (χ1n) is 5.36. The van der Waals surface area contributed by atoms with E-state index in [-0.39, 0.29) is 5.75 Å². The summed E-state index contributed by atoms with van der Waals surface area (Å²) in [5.41, 5.74) is 3.37. The number of aromatic hydroxyl groups is 1. The highest BCUT2D eigenvalue weighted by Crippen LogP contribution is 2.20. The topological polar surface area (TPSA) is 50.9 Å². The molecule has 3 aromatic rings. The smallest absolute Gasteiger partial charge is 0.143 e. The van der Waals surface area contributed by atoms with Gasteiger partial charge in [-0.3, -0.25) is 0 Å². The fraction of sp³-hybridized carbons (Fsp3) is 0.0769. The monoisotopic (exact) mass is 225 g/mol. The van der Waals surface area contributed by atoms with Gasteiger partial charge in [-0.05, 0) is 36.8 Å². The Bertz CT molecular complexity index is 688. The zero-order chi connectivity index (χ0) is 11.8. The lowest BCUT2D eigenvalue weighted by Gasteiger charge is -2.00. The van der Waals surface area contributed by atoms with Gasteiger partial charge in [0.25, 0.3) is 0 Å². The lowest BCUT2D eigenvalue weighted by atomic mass is 10.2. The van der Waals surface area contributed by atoms with Crippen LogP contribution in [0.4, 0.5) is 0 Å². The van der Waals surface area contributed by atoms with Crippen LogP contribution < -0.4 is 0 Å². The van der Waals surface area contributed by atoms with Crippen molar-refractivity contribution in [3.05, 3.63) is 48.0 Å². The van der Waals surface area contributed by atoms with Gasteiger partial charge in [-0.15, -0.1) is 15.0 Å². The summed E-state index contributed by atoms with van der Waals surface area (Å²) in [6.45, 7) is 2.01. The van der Waals surface area contributed by atoms with E-state index in [0.29, 0.717) is 5.69 Å². The van der Waals surface area contributed by atoms with Crippen LogP contribution in [0.15, 0.2) is 42.5 Å². The zero-order valence-corrected chi connectivity index (χ0v) is 9.33. The molecule has 2 aromatic carbocycles. The zero-order valence-electron chi connectivity index (χ0n) is 9.33. The molecule has 0 aliphatic heterocycles. The number of hydrogen-bond acceptors (Lipinski definition) is 3. The second-order valence-electron chi connectivity index (χ2n) is 3.97. The van der Waals surface area contributed by atoms with E-state index in [1.807, 2.05) is 31.2 Å². The Kier molecular flexibility index (Phi) is 2.08. The molecule has 1 heterocycles. The molecule has 0 amide bonds. The highest BCUT2D eigenvalue weighted by atomic mass is 16.3. The predicted molar refractivity (Wildman–Crippen MR) is 65.3 cm³/mol. The van der Waals surface area contributed by atoms with Gasteiger partial charge < -0.3 is 5.11 Å². The third-order valence-corrected chi connectivity index (χ3v) is 2.63. The van der Waals surface area contributed by atoms with E-state index < -0.39 is 0 Å². The molecular weight excluding hydrogens is 214 g/mol. The van der Waals surface area contributed by atoms with Gasteiger partial charge in [-0.1, -0.05) is 18.2 Å². The number of rotatable bonds is 1. The van der Waals surface area contributed by atoms with Crippen molar-refractivity contribution in [3.8, 4) is 11.4 Å². The van der Waals surface area contributed by atoms with Crippen molar-refractivity contribution >= 4 is 11.0 Å². The highest BCUT2D eigenvalue weighted by molar-refractivity contribution is 5.74. The van der Waals surface area contributed by atoms with Crippen LogP contribution in [0.1, 0.15) is 5.56 Å². The van der Waals surface area contributed by atoms with E-state index in [4.69, 9.17) is 0 Å². The first-order valence-corrected chi connectivity index (χ1v) is 5.36. The second-order valence-corrected chi connectivity index (χ2v) is 3.97. The molecular formula is C13H11N3O. The standard InChI is InChI=1S/C13H11N3O/c1-9-6-7-10-11(8-9)15-16(14-10)12-4-2-3-5-13(12)17/h2-8,17H,1H3. The van der Waals surface area contributed by atoms with Crippen molar-refractivity contribution < 1.29 is 5.11 Å². The summed E-state index contributed by atoms with van der Waals surface area (Å²) < 4.78 is 0. The Morgan fingerprint density at radius 1 is 1.00 bits per heavy atom. The molecule has 0 atom stereocenters. The molecule has 4 heteroatoms. The predicted octanol–water partition coefficient (Wildman–Crippen LogP) is 2.43. The van der Waals surface area contributed by atoms with Crippen molar-refractivity contribution in [3.63, 3.8) is 0 Å². The molecule has 0 fully saturated rings. The van der Waals surface area contributed by atoms with Crippen LogP contribution in [-0.4, -0.2) is 20.1 Å². The molecule has 0 saturated heterocycles. The molecule has 0 aliphatic carbocycles. The number of para-hydroxylation sites is 2. The van der Waals surface area contributed by atoms with Gasteiger partial charge in [-0.25, -0.2) is 0 Å². The van der Waals surface area contributed by atoms with Crippen molar-refractivity contribution in [1.82, 2.24) is 15.0 Å². The molecule has 0 radical (unpaired) electrons. The number of benzene rings is 2. The first kappa shape index (κ1) is 9.84. The Morgan fingerprint density at radius 3 is 2.59 bits per heavy atom. The van der Waals surface area contributed by atoms with Crippen molar-refractivity contribution in [2.75, 3.05) is 0 Å². The maximum atomic E-state index is 9.74. The van der Waals surface area contributed by atoms with E-state index in [2.05, 4.69) is 10.2 Å². The van der Waals surface area contributed by atoms with Gasteiger partial charge in [0.05, 0.1) is 0 Å². The summed E-state index contributed by atoms with van der Waals surface area (Å²) >= 11 is 0. The third kappa shape index (κ3) is 1.63. The van der Waals surface area contributed by atoms with Crippen LogP contribution in [0.5, 0.6) is 5.75 Å². The number of hydrogen-bond donors (Lipinski definition) is 1. The summed E-state index contributed by atoms with van der Waals surface area (Å²) in [6, 6.07) is 12.9. The molecule has 84 valence electrons. The molecule has 0 spiro atoms. The van der Waals surface area contributed by atoms with E-state index >= 15 is 0 Å². The van der Waals surface area contributed by atoms with Crippen LogP contribution in [-0.2, 0) is 0 Å². The van der Waals surface area contributed by atoms with E-state index in [0.717, 1.165) is 16.6 Å². The third-order valence-electron chi connectivity index (χ3n) is 2.63. The lowest BCUT2D eigenvalue weighted by molar-refractivity contribution is 0.468. The SMILES string of the molecule is Cc1ccc2nn(-c3ccccc3O)nc2c1. The number of phenols is 1. The maximum absolute atomic E-state index is 9.74. The maximum Gasteiger partial charge on any atom is 0.143 e. The number of nitrogens with zero attached hydrogens (tertiary/aromatic N) is 3. The van der Waals surface area contributed by atoms with Gasteiger partial charge in [0.1, 0.15) is 22.5 Å². The largest absolute Gasteiger partial charge is 0.506 e. The Hall–Kier alpha value is -2.36. The number of aryl methyl sites for hydroxylation is 1. The molecule has 0 bridgehead atoms.